The highest BCUT2D eigenvalue weighted by molar-refractivity contribution is 5.94. The van der Waals surface area contributed by atoms with Gasteiger partial charge in [-0.3, -0.25) is 4.79 Å². The summed E-state index contributed by atoms with van der Waals surface area (Å²) in [5.74, 6) is 1.04. The van der Waals surface area contributed by atoms with E-state index in [1.807, 2.05) is 4.90 Å². The van der Waals surface area contributed by atoms with Crippen molar-refractivity contribution in [3.63, 3.8) is 0 Å². The first-order valence-electron chi connectivity index (χ1n) is 12.3. The third-order valence-corrected chi connectivity index (χ3v) is 7.80. The van der Waals surface area contributed by atoms with Gasteiger partial charge in [0.1, 0.15) is 18.2 Å². The average Bonchev–Trinajstić information content (AvgIpc) is 3.31. The van der Waals surface area contributed by atoms with E-state index in [0.29, 0.717) is 43.8 Å². The molecule has 0 bridgehead atoms. The predicted molar refractivity (Wildman–Crippen MR) is 129 cm³/mol. The Kier molecular flexibility index (Phi) is 5.48. The van der Waals surface area contributed by atoms with E-state index in [1.165, 1.54) is 12.5 Å². The smallest absolute Gasteiger partial charge is 0.257 e. The first kappa shape index (κ1) is 22.9. The van der Waals surface area contributed by atoms with E-state index in [2.05, 4.69) is 45.6 Å². The molecule has 2 aliphatic heterocycles. The summed E-state index contributed by atoms with van der Waals surface area (Å²) in [6.07, 6.45) is 5.98. The van der Waals surface area contributed by atoms with Crippen molar-refractivity contribution < 1.29 is 13.9 Å². The quantitative estimate of drug-likeness (QED) is 0.668. The Bertz CT molecular complexity index is 1140. The molecule has 0 unspecified atom stereocenters. The molecular weight excluding hydrogens is 428 g/mol. The standard InChI is InChI=1S/C27H34N4O3/c1-17(2)22-14-30(9-10-31(22)25(32)18-6-11-33-15-18)24-20(13-28)19-12-26(3,4)34-16-21(19)23(29-24)27(5)7-8-27/h6,11,15,17,22H,7-10,12,14,16H2,1-5H3/t22-/m0/s1. The van der Waals surface area contributed by atoms with Crippen LogP contribution in [-0.4, -0.2) is 47.1 Å². The van der Waals surface area contributed by atoms with Gasteiger partial charge in [-0.25, -0.2) is 4.98 Å². The fraction of sp³-hybridized carbons (Fsp3) is 0.593. The average molecular weight is 463 g/mol. The first-order valence-corrected chi connectivity index (χ1v) is 12.3. The summed E-state index contributed by atoms with van der Waals surface area (Å²) in [6.45, 7) is 13.1. The molecule has 1 amide bonds. The van der Waals surface area contributed by atoms with Crippen LogP contribution in [0.25, 0.3) is 0 Å². The lowest BCUT2D eigenvalue weighted by atomic mass is 9.85. The minimum absolute atomic E-state index is 0.00362. The van der Waals surface area contributed by atoms with Crippen LogP contribution < -0.4 is 4.90 Å². The number of hydrogen-bond donors (Lipinski definition) is 0. The van der Waals surface area contributed by atoms with Crippen LogP contribution in [0.5, 0.6) is 0 Å². The Balaban J connectivity index is 1.54. The van der Waals surface area contributed by atoms with Gasteiger partial charge < -0.3 is 19.0 Å². The molecule has 0 N–H and O–H groups in total. The second kappa shape index (κ2) is 8.13. The van der Waals surface area contributed by atoms with Crippen molar-refractivity contribution in [2.75, 3.05) is 24.5 Å². The minimum atomic E-state index is -0.310. The Morgan fingerprint density at radius 1 is 1.24 bits per heavy atom. The Morgan fingerprint density at radius 3 is 2.62 bits per heavy atom. The van der Waals surface area contributed by atoms with Crippen molar-refractivity contribution >= 4 is 11.7 Å². The monoisotopic (exact) mass is 462 g/mol. The van der Waals surface area contributed by atoms with Gasteiger partial charge in [-0.15, -0.1) is 0 Å². The third-order valence-electron chi connectivity index (χ3n) is 7.80. The molecule has 0 spiro atoms. The number of fused-ring (bicyclic) bond motifs is 1. The topological polar surface area (TPSA) is 82.6 Å². The first-order chi connectivity index (χ1) is 16.1. The summed E-state index contributed by atoms with van der Waals surface area (Å²) < 4.78 is 11.3. The molecule has 0 aromatic carbocycles. The van der Waals surface area contributed by atoms with Gasteiger partial charge in [-0.05, 0) is 44.2 Å². The van der Waals surface area contributed by atoms with Crippen molar-refractivity contribution in [1.82, 2.24) is 9.88 Å². The lowest BCUT2D eigenvalue weighted by Crippen LogP contribution is -2.57. The molecule has 180 valence electrons. The summed E-state index contributed by atoms with van der Waals surface area (Å²) in [5, 5.41) is 10.3. The van der Waals surface area contributed by atoms with Gasteiger partial charge in [0.2, 0.25) is 0 Å². The van der Waals surface area contributed by atoms with Crippen molar-refractivity contribution in [3.05, 3.63) is 46.5 Å². The van der Waals surface area contributed by atoms with Crippen LogP contribution in [0.1, 0.15) is 80.2 Å². The van der Waals surface area contributed by atoms with E-state index in [1.54, 1.807) is 6.07 Å². The summed E-state index contributed by atoms with van der Waals surface area (Å²) in [7, 11) is 0. The lowest BCUT2D eigenvalue weighted by Gasteiger charge is -2.44. The van der Waals surface area contributed by atoms with Crippen LogP contribution in [0.3, 0.4) is 0 Å². The number of rotatable bonds is 4. The van der Waals surface area contributed by atoms with Crippen LogP contribution in [0, 0.1) is 17.2 Å². The Hall–Kier alpha value is -2.85. The highest BCUT2D eigenvalue weighted by Crippen LogP contribution is 2.51. The largest absolute Gasteiger partial charge is 0.472 e. The number of pyridine rings is 1. The number of hydrogen-bond acceptors (Lipinski definition) is 6. The second-order valence-electron chi connectivity index (χ2n) is 11.3. The van der Waals surface area contributed by atoms with Crippen LogP contribution >= 0.6 is 0 Å². The summed E-state index contributed by atoms with van der Waals surface area (Å²) in [6, 6.07) is 4.24. The van der Waals surface area contributed by atoms with Crippen molar-refractivity contribution in [3.8, 4) is 6.07 Å². The number of amides is 1. The van der Waals surface area contributed by atoms with E-state index < -0.39 is 0 Å². The van der Waals surface area contributed by atoms with Crippen LogP contribution in [0.4, 0.5) is 5.82 Å². The molecule has 1 saturated carbocycles. The number of furan rings is 1. The van der Waals surface area contributed by atoms with E-state index in [0.717, 1.165) is 35.5 Å². The number of carbonyl (C=O) groups is 1. The normalized spacial score (nSPS) is 22.9. The Labute approximate surface area is 201 Å². The highest BCUT2D eigenvalue weighted by Gasteiger charge is 2.46. The van der Waals surface area contributed by atoms with E-state index in [-0.39, 0.29) is 28.9 Å². The maximum atomic E-state index is 13.2. The predicted octanol–water partition coefficient (Wildman–Crippen LogP) is 4.44. The van der Waals surface area contributed by atoms with Gasteiger partial charge in [0.25, 0.3) is 5.91 Å². The van der Waals surface area contributed by atoms with E-state index in [9.17, 15) is 10.1 Å². The molecule has 5 rings (SSSR count). The summed E-state index contributed by atoms with van der Waals surface area (Å²) >= 11 is 0. The number of nitrogens with zero attached hydrogens (tertiary/aromatic N) is 4. The number of carbonyl (C=O) groups excluding carboxylic acids is 1. The summed E-state index contributed by atoms with van der Waals surface area (Å²) in [4.78, 5) is 22.5. The molecule has 1 aliphatic carbocycles. The molecule has 4 heterocycles. The molecule has 3 aliphatic rings. The molecular formula is C27H34N4O3. The molecule has 34 heavy (non-hydrogen) atoms. The maximum Gasteiger partial charge on any atom is 0.257 e. The van der Waals surface area contributed by atoms with Crippen molar-refractivity contribution in [2.24, 2.45) is 5.92 Å². The molecule has 1 saturated heterocycles. The zero-order valence-corrected chi connectivity index (χ0v) is 20.9. The van der Waals surface area contributed by atoms with Gasteiger partial charge in [0.05, 0.1) is 41.3 Å². The molecule has 0 radical (unpaired) electrons. The van der Waals surface area contributed by atoms with Gasteiger partial charge in [0.15, 0.2) is 0 Å². The molecule has 2 aromatic heterocycles. The van der Waals surface area contributed by atoms with Crippen LogP contribution in [0.2, 0.25) is 0 Å². The fourth-order valence-electron chi connectivity index (χ4n) is 5.40. The number of anilines is 1. The fourth-order valence-corrected chi connectivity index (χ4v) is 5.40. The number of nitriles is 1. The highest BCUT2D eigenvalue weighted by atomic mass is 16.5. The minimum Gasteiger partial charge on any atom is -0.472 e. The van der Waals surface area contributed by atoms with Gasteiger partial charge in [0, 0.05) is 37.0 Å². The number of piperazine rings is 1. The van der Waals surface area contributed by atoms with Crippen LogP contribution in [-0.2, 0) is 23.2 Å². The molecule has 2 fully saturated rings. The van der Waals surface area contributed by atoms with Crippen LogP contribution in [0.15, 0.2) is 23.0 Å². The zero-order chi connectivity index (χ0) is 24.3. The van der Waals surface area contributed by atoms with Gasteiger partial charge in [-0.2, -0.15) is 5.26 Å². The number of ether oxygens (including phenoxy) is 1. The van der Waals surface area contributed by atoms with E-state index >= 15 is 0 Å². The lowest BCUT2D eigenvalue weighted by molar-refractivity contribution is -0.0409. The zero-order valence-electron chi connectivity index (χ0n) is 20.9. The van der Waals surface area contributed by atoms with E-state index in [4.69, 9.17) is 14.1 Å². The van der Waals surface area contributed by atoms with Gasteiger partial charge in [-0.1, -0.05) is 20.8 Å². The molecule has 1 atom stereocenters. The maximum absolute atomic E-state index is 13.2. The summed E-state index contributed by atoms with van der Waals surface area (Å²) in [5.41, 5.74) is 4.33. The molecule has 7 heteroatoms. The van der Waals surface area contributed by atoms with Gasteiger partial charge >= 0.3 is 0 Å². The second-order valence-corrected chi connectivity index (χ2v) is 11.3. The Morgan fingerprint density at radius 2 is 2.00 bits per heavy atom. The van der Waals surface area contributed by atoms with Crippen molar-refractivity contribution in [1.29, 1.82) is 5.26 Å². The molecule has 2 aromatic rings. The third kappa shape index (κ3) is 3.88. The van der Waals surface area contributed by atoms with Crippen molar-refractivity contribution in [2.45, 2.75) is 77.5 Å². The SMILES string of the molecule is CC(C)[C@@H]1CN(c2nc(C3(C)CC3)c3c(c2C#N)CC(C)(C)OC3)CCN1C(=O)c1ccoc1. The molecule has 7 nitrogen and oxygen atoms in total. The number of aromatic nitrogens is 1.